The average molecular weight is 419 g/mol. The fraction of sp³-hybridized carbons (Fsp3) is 0.375. The Morgan fingerprint density at radius 2 is 1.94 bits per heavy atom. The highest BCUT2D eigenvalue weighted by molar-refractivity contribution is 6.09. The first kappa shape index (κ1) is 19.6. The third-order valence-corrected chi connectivity index (χ3v) is 6.41. The van der Waals surface area contributed by atoms with Gasteiger partial charge in [-0.3, -0.25) is 14.5 Å². The Morgan fingerprint density at radius 1 is 1.19 bits per heavy atom. The molecule has 2 atom stereocenters. The number of carbonyl (C=O) groups excluding carboxylic acids is 3. The lowest BCUT2D eigenvalue weighted by molar-refractivity contribution is -0.136. The maximum atomic E-state index is 13.3. The molecule has 7 nitrogen and oxygen atoms in total. The Balaban J connectivity index is 1.33. The molecule has 0 bridgehead atoms. The molecule has 2 aromatic carbocycles. The van der Waals surface area contributed by atoms with Crippen molar-refractivity contribution < 1.29 is 19.1 Å². The molecule has 160 valence electrons. The zero-order valence-corrected chi connectivity index (χ0v) is 17.4. The second kappa shape index (κ2) is 7.41. The minimum atomic E-state index is -1.17. The quantitative estimate of drug-likeness (QED) is 0.730. The number of amides is 4. The van der Waals surface area contributed by atoms with Gasteiger partial charge in [0.2, 0.25) is 5.91 Å². The van der Waals surface area contributed by atoms with Crippen molar-refractivity contribution in [1.82, 2.24) is 15.5 Å². The lowest BCUT2D eigenvalue weighted by Crippen LogP contribution is -2.48. The van der Waals surface area contributed by atoms with Crippen LogP contribution in [0.5, 0.6) is 5.75 Å². The summed E-state index contributed by atoms with van der Waals surface area (Å²) in [5.74, 6) is 0.241. The van der Waals surface area contributed by atoms with Crippen LogP contribution in [-0.2, 0) is 15.1 Å². The number of hydrogen-bond donors (Lipinski definition) is 2. The van der Waals surface area contributed by atoms with Gasteiger partial charge in [0, 0.05) is 12.0 Å². The molecule has 5 rings (SSSR count). The van der Waals surface area contributed by atoms with Gasteiger partial charge in [0.1, 0.15) is 12.3 Å². The maximum Gasteiger partial charge on any atom is 0.325 e. The maximum absolute atomic E-state index is 13.3. The molecule has 4 amide bonds. The molecule has 2 heterocycles. The van der Waals surface area contributed by atoms with E-state index >= 15 is 0 Å². The van der Waals surface area contributed by atoms with Crippen LogP contribution < -0.4 is 15.4 Å². The molecule has 2 fully saturated rings. The van der Waals surface area contributed by atoms with Gasteiger partial charge in [-0.05, 0) is 37.3 Å². The smallest absolute Gasteiger partial charge is 0.325 e. The van der Waals surface area contributed by atoms with Gasteiger partial charge in [-0.1, -0.05) is 48.0 Å². The average Bonchev–Trinajstić information content (AvgIpc) is 3.58. The van der Waals surface area contributed by atoms with Crippen LogP contribution in [0.2, 0.25) is 0 Å². The SMILES string of the molecule is Cc1ccc([C@@H](NC(=O)CN2C(=O)N[C@]3(CCOc4ccccc43)C2=O)C2CC2)cc1. The van der Waals surface area contributed by atoms with Crippen molar-refractivity contribution in [1.29, 1.82) is 0 Å². The van der Waals surface area contributed by atoms with Gasteiger partial charge < -0.3 is 15.4 Å². The van der Waals surface area contributed by atoms with Gasteiger partial charge in [-0.25, -0.2) is 4.79 Å². The number of para-hydroxylation sites is 1. The van der Waals surface area contributed by atoms with E-state index in [0.29, 0.717) is 30.3 Å². The highest BCUT2D eigenvalue weighted by Crippen LogP contribution is 2.42. The number of nitrogens with one attached hydrogen (secondary N) is 2. The molecule has 31 heavy (non-hydrogen) atoms. The summed E-state index contributed by atoms with van der Waals surface area (Å²) in [5.41, 5.74) is 1.68. The normalized spacial score (nSPS) is 23.2. The molecular weight excluding hydrogens is 394 g/mol. The second-order valence-corrected chi connectivity index (χ2v) is 8.61. The van der Waals surface area contributed by atoms with Crippen LogP contribution in [0.25, 0.3) is 0 Å². The monoisotopic (exact) mass is 419 g/mol. The topological polar surface area (TPSA) is 87.7 Å². The molecule has 1 aliphatic carbocycles. The van der Waals surface area contributed by atoms with Crippen molar-refractivity contribution >= 4 is 17.8 Å². The summed E-state index contributed by atoms with van der Waals surface area (Å²) in [7, 11) is 0. The molecule has 0 unspecified atom stereocenters. The first-order valence-corrected chi connectivity index (χ1v) is 10.7. The third-order valence-electron chi connectivity index (χ3n) is 6.41. The minimum Gasteiger partial charge on any atom is -0.493 e. The highest BCUT2D eigenvalue weighted by atomic mass is 16.5. The van der Waals surface area contributed by atoms with E-state index in [-0.39, 0.29) is 18.5 Å². The van der Waals surface area contributed by atoms with Crippen LogP contribution in [0.1, 0.15) is 42.0 Å². The summed E-state index contributed by atoms with van der Waals surface area (Å²) >= 11 is 0. The van der Waals surface area contributed by atoms with Crippen LogP contribution in [0.4, 0.5) is 4.79 Å². The Hall–Kier alpha value is -3.35. The van der Waals surface area contributed by atoms with E-state index < -0.39 is 17.5 Å². The van der Waals surface area contributed by atoms with Crippen LogP contribution in [0, 0.1) is 12.8 Å². The number of carbonyl (C=O) groups is 3. The van der Waals surface area contributed by atoms with Gasteiger partial charge in [0.15, 0.2) is 5.54 Å². The van der Waals surface area contributed by atoms with Gasteiger partial charge >= 0.3 is 6.03 Å². The second-order valence-electron chi connectivity index (χ2n) is 8.61. The number of benzene rings is 2. The summed E-state index contributed by atoms with van der Waals surface area (Å²) in [5, 5.41) is 5.89. The number of ether oxygens (including phenoxy) is 1. The van der Waals surface area contributed by atoms with Crippen molar-refractivity contribution in [2.24, 2.45) is 5.92 Å². The number of urea groups is 1. The fourth-order valence-corrected chi connectivity index (χ4v) is 4.55. The van der Waals surface area contributed by atoms with Crippen LogP contribution in [0.3, 0.4) is 0 Å². The van der Waals surface area contributed by atoms with E-state index in [4.69, 9.17) is 4.74 Å². The van der Waals surface area contributed by atoms with Crippen LogP contribution in [0.15, 0.2) is 48.5 Å². The predicted octanol–water partition coefficient (Wildman–Crippen LogP) is 2.79. The van der Waals surface area contributed by atoms with Gasteiger partial charge in [-0.2, -0.15) is 0 Å². The van der Waals surface area contributed by atoms with Crippen molar-refractivity contribution in [3.05, 3.63) is 65.2 Å². The van der Waals surface area contributed by atoms with E-state index in [1.54, 1.807) is 12.1 Å². The van der Waals surface area contributed by atoms with Gasteiger partial charge in [-0.15, -0.1) is 0 Å². The van der Waals surface area contributed by atoms with E-state index in [0.717, 1.165) is 28.9 Å². The largest absolute Gasteiger partial charge is 0.493 e. The number of nitrogens with zero attached hydrogens (tertiary/aromatic N) is 1. The molecule has 2 N–H and O–H groups in total. The summed E-state index contributed by atoms with van der Waals surface area (Å²) < 4.78 is 5.65. The molecule has 1 spiro atoms. The molecule has 1 saturated carbocycles. The molecule has 1 saturated heterocycles. The Morgan fingerprint density at radius 3 is 2.68 bits per heavy atom. The first-order valence-electron chi connectivity index (χ1n) is 10.7. The Bertz CT molecular complexity index is 1050. The Kier molecular flexibility index (Phi) is 4.68. The van der Waals surface area contributed by atoms with E-state index in [1.807, 2.05) is 43.3 Å². The fourth-order valence-electron chi connectivity index (χ4n) is 4.55. The molecule has 3 aliphatic rings. The third kappa shape index (κ3) is 3.44. The van der Waals surface area contributed by atoms with Crippen LogP contribution in [-0.4, -0.2) is 35.9 Å². The van der Waals surface area contributed by atoms with Crippen molar-refractivity contribution in [3.8, 4) is 5.75 Å². The van der Waals surface area contributed by atoms with E-state index in [9.17, 15) is 14.4 Å². The van der Waals surface area contributed by atoms with Crippen molar-refractivity contribution in [2.75, 3.05) is 13.2 Å². The molecule has 2 aromatic rings. The summed E-state index contributed by atoms with van der Waals surface area (Å²) in [6.07, 6.45) is 2.45. The van der Waals surface area contributed by atoms with Gasteiger partial charge in [0.25, 0.3) is 5.91 Å². The van der Waals surface area contributed by atoms with E-state index in [1.165, 1.54) is 0 Å². The first-order chi connectivity index (χ1) is 15.0. The molecule has 0 aromatic heterocycles. The van der Waals surface area contributed by atoms with Crippen LogP contribution >= 0.6 is 0 Å². The molecule has 0 radical (unpaired) electrons. The number of aryl methyl sites for hydroxylation is 1. The number of hydrogen-bond acceptors (Lipinski definition) is 4. The van der Waals surface area contributed by atoms with Crippen molar-refractivity contribution in [3.63, 3.8) is 0 Å². The van der Waals surface area contributed by atoms with E-state index in [2.05, 4.69) is 10.6 Å². The molecular formula is C24H25N3O4. The zero-order valence-electron chi connectivity index (χ0n) is 17.4. The number of fused-ring (bicyclic) bond motifs is 2. The predicted molar refractivity (Wildman–Crippen MR) is 113 cm³/mol. The summed E-state index contributed by atoms with van der Waals surface area (Å²) in [6.45, 7) is 2.04. The minimum absolute atomic E-state index is 0.105. The number of imide groups is 1. The van der Waals surface area contributed by atoms with Gasteiger partial charge in [0.05, 0.1) is 12.6 Å². The summed E-state index contributed by atoms with van der Waals surface area (Å²) in [4.78, 5) is 40.0. The molecule has 2 aliphatic heterocycles. The Labute approximate surface area is 180 Å². The number of rotatable bonds is 5. The van der Waals surface area contributed by atoms with Crippen molar-refractivity contribution in [2.45, 2.75) is 37.8 Å². The summed E-state index contributed by atoms with van der Waals surface area (Å²) in [6, 6.07) is 14.7. The molecule has 7 heteroatoms. The lowest BCUT2D eigenvalue weighted by atomic mass is 9.84. The zero-order chi connectivity index (χ0) is 21.6. The standard InChI is InChI=1S/C24H25N3O4/c1-15-6-8-16(9-7-15)21(17-10-11-17)25-20(28)14-27-22(29)24(26-23(27)30)12-13-31-19-5-3-2-4-18(19)24/h2-9,17,21H,10-14H2,1H3,(H,25,28)(H,26,30)/t21-,24+/m1/s1. The lowest BCUT2D eigenvalue weighted by Gasteiger charge is -2.33. The highest BCUT2D eigenvalue weighted by Gasteiger charge is 2.55.